The molecule has 0 saturated carbocycles. The number of nitrogens with zero attached hydrogens (tertiary/aromatic N) is 1. The molecule has 0 aliphatic rings. The number of carboxylic acid groups (broad SMARTS) is 1. The number of amides is 1. The largest absolute Gasteiger partial charge is 0.478 e. The summed E-state index contributed by atoms with van der Waals surface area (Å²) in [5.74, 6) is -1.48. The van der Waals surface area contributed by atoms with Gasteiger partial charge in [-0.05, 0) is 13.0 Å². The lowest BCUT2D eigenvalue weighted by Crippen LogP contribution is -2.25. The van der Waals surface area contributed by atoms with Crippen LogP contribution >= 0.6 is 0 Å². The Morgan fingerprint density at radius 2 is 2.10 bits per heavy atom. The maximum absolute atomic E-state index is 11.3. The number of benzene rings is 1. The first-order chi connectivity index (χ1) is 9.47. The zero-order valence-electron chi connectivity index (χ0n) is 10.9. The molecule has 0 bridgehead atoms. The third-order valence-electron chi connectivity index (χ3n) is 2.50. The van der Waals surface area contributed by atoms with E-state index in [0.29, 0.717) is 6.54 Å². The molecule has 1 rings (SSSR count). The zero-order valence-corrected chi connectivity index (χ0v) is 10.9. The second kappa shape index (κ2) is 7.07. The molecule has 1 aromatic carbocycles. The van der Waals surface area contributed by atoms with Crippen LogP contribution in [-0.2, 0) is 4.79 Å². The summed E-state index contributed by atoms with van der Waals surface area (Å²) in [6.45, 7) is 2.37. The molecular weight excluding hydrogens is 266 g/mol. The first kappa shape index (κ1) is 15.4. The monoisotopic (exact) mass is 281 g/mol. The average molecular weight is 281 g/mol. The van der Waals surface area contributed by atoms with Gasteiger partial charge in [0.25, 0.3) is 5.69 Å². The Balaban J connectivity index is 2.88. The van der Waals surface area contributed by atoms with Crippen molar-refractivity contribution in [1.29, 1.82) is 0 Å². The van der Waals surface area contributed by atoms with E-state index < -0.39 is 10.9 Å². The Hall–Kier alpha value is -2.64. The zero-order chi connectivity index (χ0) is 15.1. The highest BCUT2D eigenvalue weighted by atomic mass is 16.6. The second-order valence-electron chi connectivity index (χ2n) is 3.89. The molecule has 1 aromatic rings. The Morgan fingerprint density at radius 1 is 1.40 bits per heavy atom. The lowest BCUT2D eigenvalue weighted by molar-refractivity contribution is -0.384. The first-order valence-electron chi connectivity index (χ1n) is 5.98. The van der Waals surface area contributed by atoms with Gasteiger partial charge in [-0.2, -0.15) is 0 Å². The molecule has 0 aliphatic carbocycles. The third-order valence-corrected chi connectivity index (χ3v) is 2.50. The van der Waals surface area contributed by atoms with Gasteiger partial charge in [-0.1, -0.05) is 6.07 Å². The molecule has 8 nitrogen and oxygen atoms in total. The molecule has 20 heavy (non-hydrogen) atoms. The molecule has 0 spiro atoms. The van der Waals surface area contributed by atoms with E-state index in [2.05, 4.69) is 10.6 Å². The van der Waals surface area contributed by atoms with Gasteiger partial charge in [0.15, 0.2) is 0 Å². The van der Waals surface area contributed by atoms with Crippen molar-refractivity contribution in [3.05, 3.63) is 33.9 Å². The van der Waals surface area contributed by atoms with Crippen LogP contribution in [0.2, 0.25) is 0 Å². The van der Waals surface area contributed by atoms with Gasteiger partial charge in [-0.3, -0.25) is 14.9 Å². The van der Waals surface area contributed by atoms with Crippen LogP contribution in [0.5, 0.6) is 0 Å². The fourth-order valence-electron chi connectivity index (χ4n) is 1.64. The molecule has 8 heteroatoms. The number of para-hydroxylation sites is 1. The van der Waals surface area contributed by atoms with E-state index in [4.69, 9.17) is 5.11 Å². The molecule has 0 atom stereocenters. The molecule has 0 unspecified atom stereocenters. The number of nitro groups is 1. The van der Waals surface area contributed by atoms with Crippen LogP contribution in [0.25, 0.3) is 0 Å². The fraction of sp³-hybridized carbons (Fsp3) is 0.333. The smallest absolute Gasteiger partial charge is 0.338 e. The quantitative estimate of drug-likeness (QED) is 0.510. The highest BCUT2D eigenvalue weighted by molar-refractivity contribution is 5.96. The van der Waals surface area contributed by atoms with Crippen molar-refractivity contribution in [2.45, 2.75) is 13.3 Å². The van der Waals surface area contributed by atoms with Gasteiger partial charge in [0.05, 0.1) is 10.5 Å². The Labute approximate surface area is 114 Å². The minimum Gasteiger partial charge on any atom is -0.478 e. The van der Waals surface area contributed by atoms with E-state index in [1.165, 1.54) is 18.2 Å². The minimum absolute atomic E-state index is 0.0886. The normalized spacial score (nSPS) is 9.85. The minimum atomic E-state index is -1.27. The number of carbonyl (C=O) groups excluding carboxylic acids is 1. The number of nitrogens with one attached hydrogen (secondary N) is 2. The number of hydrogen-bond acceptors (Lipinski definition) is 5. The van der Waals surface area contributed by atoms with E-state index >= 15 is 0 Å². The number of hydrogen-bond donors (Lipinski definition) is 3. The lowest BCUT2D eigenvalue weighted by atomic mass is 10.1. The molecule has 0 aliphatic heterocycles. The SMILES string of the molecule is CCNC(=O)CCNc1c(C(=O)O)cccc1[N+](=O)[O-]. The molecular formula is C12H15N3O5. The van der Waals surface area contributed by atoms with Gasteiger partial charge in [0, 0.05) is 25.6 Å². The standard InChI is InChI=1S/C12H15N3O5/c1-2-13-10(16)6-7-14-11-8(12(17)18)4-3-5-9(11)15(19)20/h3-5,14H,2,6-7H2,1H3,(H,13,16)(H,17,18). The van der Waals surface area contributed by atoms with Crippen molar-refractivity contribution < 1.29 is 19.6 Å². The van der Waals surface area contributed by atoms with E-state index in [9.17, 15) is 19.7 Å². The summed E-state index contributed by atoms with van der Waals surface area (Å²) in [6, 6.07) is 3.78. The highest BCUT2D eigenvalue weighted by Gasteiger charge is 2.20. The Kier molecular flexibility index (Phi) is 5.45. The number of carbonyl (C=O) groups is 2. The van der Waals surface area contributed by atoms with Crippen molar-refractivity contribution in [3.8, 4) is 0 Å². The predicted octanol–water partition coefficient (Wildman–Crippen LogP) is 1.23. The van der Waals surface area contributed by atoms with Crippen LogP contribution < -0.4 is 10.6 Å². The summed E-state index contributed by atoms with van der Waals surface area (Å²) in [7, 11) is 0. The first-order valence-corrected chi connectivity index (χ1v) is 5.98. The van der Waals surface area contributed by atoms with Gasteiger partial charge >= 0.3 is 5.97 Å². The summed E-state index contributed by atoms with van der Waals surface area (Å²) in [5.41, 5.74) is -0.620. The van der Waals surface area contributed by atoms with Crippen molar-refractivity contribution in [2.24, 2.45) is 0 Å². The Morgan fingerprint density at radius 3 is 2.65 bits per heavy atom. The second-order valence-corrected chi connectivity index (χ2v) is 3.89. The number of aromatic carboxylic acids is 1. The maximum atomic E-state index is 11.3. The van der Waals surface area contributed by atoms with Gasteiger partial charge in [-0.15, -0.1) is 0 Å². The maximum Gasteiger partial charge on any atom is 0.338 e. The number of carboxylic acids is 1. The van der Waals surface area contributed by atoms with Crippen molar-refractivity contribution in [1.82, 2.24) is 5.32 Å². The number of nitro benzene ring substituents is 1. The molecule has 3 N–H and O–H groups in total. The molecule has 1 amide bonds. The molecule has 0 aromatic heterocycles. The third kappa shape index (κ3) is 3.94. The van der Waals surface area contributed by atoms with Gasteiger partial charge in [-0.25, -0.2) is 4.79 Å². The topological polar surface area (TPSA) is 122 Å². The van der Waals surface area contributed by atoms with Gasteiger partial charge < -0.3 is 15.7 Å². The van der Waals surface area contributed by atoms with E-state index in [0.717, 1.165) is 0 Å². The summed E-state index contributed by atoms with van der Waals surface area (Å²) in [5, 5.41) is 25.1. The van der Waals surface area contributed by atoms with Crippen molar-refractivity contribution in [3.63, 3.8) is 0 Å². The van der Waals surface area contributed by atoms with Gasteiger partial charge in [0.2, 0.25) is 5.91 Å². The van der Waals surface area contributed by atoms with Crippen molar-refractivity contribution in [2.75, 3.05) is 18.4 Å². The molecule has 0 saturated heterocycles. The Bertz CT molecular complexity index is 498. The van der Waals surface area contributed by atoms with Gasteiger partial charge in [0.1, 0.15) is 5.69 Å². The number of anilines is 1. The van der Waals surface area contributed by atoms with E-state index in [1.54, 1.807) is 6.92 Å². The predicted molar refractivity (Wildman–Crippen MR) is 71.8 cm³/mol. The summed E-state index contributed by atoms with van der Waals surface area (Å²) >= 11 is 0. The number of rotatable bonds is 7. The van der Waals surface area contributed by atoms with Crippen molar-refractivity contribution >= 4 is 23.3 Å². The fourth-order valence-corrected chi connectivity index (χ4v) is 1.64. The van der Waals surface area contributed by atoms with E-state index in [1.807, 2.05) is 0 Å². The van der Waals surface area contributed by atoms with Crippen LogP contribution in [0.3, 0.4) is 0 Å². The lowest BCUT2D eigenvalue weighted by Gasteiger charge is -2.09. The van der Waals surface area contributed by atoms with Crippen LogP contribution in [0.15, 0.2) is 18.2 Å². The van der Waals surface area contributed by atoms with E-state index in [-0.39, 0.29) is 35.8 Å². The molecule has 0 heterocycles. The highest BCUT2D eigenvalue weighted by Crippen LogP contribution is 2.28. The summed E-state index contributed by atoms with van der Waals surface area (Å²) in [6.07, 6.45) is 0.0962. The molecule has 0 radical (unpaired) electrons. The summed E-state index contributed by atoms with van der Waals surface area (Å²) < 4.78 is 0. The van der Waals surface area contributed by atoms with Crippen LogP contribution in [-0.4, -0.2) is 35.0 Å². The van der Waals surface area contributed by atoms with Crippen LogP contribution in [0.1, 0.15) is 23.7 Å². The van der Waals surface area contributed by atoms with Crippen LogP contribution in [0, 0.1) is 10.1 Å². The average Bonchev–Trinajstić information content (AvgIpc) is 2.38. The van der Waals surface area contributed by atoms with Crippen LogP contribution in [0.4, 0.5) is 11.4 Å². The molecule has 108 valence electrons. The summed E-state index contributed by atoms with van der Waals surface area (Å²) in [4.78, 5) is 32.5. The molecule has 0 fully saturated rings.